The van der Waals surface area contributed by atoms with E-state index in [0.29, 0.717) is 16.9 Å². The van der Waals surface area contributed by atoms with Gasteiger partial charge >= 0.3 is 5.97 Å². The maximum absolute atomic E-state index is 12.6. The predicted molar refractivity (Wildman–Crippen MR) is 122 cm³/mol. The highest BCUT2D eigenvalue weighted by atomic mass is 35.5. The van der Waals surface area contributed by atoms with E-state index in [2.05, 4.69) is 0 Å². The van der Waals surface area contributed by atoms with Gasteiger partial charge in [0.05, 0.1) is 28.5 Å². The van der Waals surface area contributed by atoms with Crippen LogP contribution < -0.4 is 19.9 Å². The summed E-state index contributed by atoms with van der Waals surface area (Å²) in [6, 6.07) is 17.1. The Bertz CT molecular complexity index is 1400. The number of ether oxygens (including phenoxy) is 3. The van der Waals surface area contributed by atoms with Crippen molar-refractivity contribution in [2.45, 2.75) is 5.92 Å². The van der Waals surface area contributed by atoms with Crippen LogP contribution in [0.1, 0.15) is 27.4 Å². The number of nitrogens with two attached hydrogens (primary N) is 1. The van der Waals surface area contributed by atoms with Crippen LogP contribution in [0, 0.1) is 21.4 Å². The minimum Gasteiger partial charge on any atom is -0.495 e. The van der Waals surface area contributed by atoms with Gasteiger partial charge in [0.2, 0.25) is 5.88 Å². The fourth-order valence-electron chi connectivity index (χ4n) is 3.62. The SMILES string of the molecule is COc1ccc(C(=O)Oc2ccc3c(c2)OC(N)=C(C#N)C3c2cccc([N+](=O)[O-])c2)cc1Cl. The van der Waals surface area contributed by atoms with Crippen LogP contribution in [0.5, 0.6) is 17.2 Å². The lowest BCUT2D eigenvalue weighted by atomic mass is 9.83. The molecule has 0 bridgehead atoms. The van der Waals surface area contributed by atoms with Crippen LogP contribution in [0.2, 0.25) is 5.02 Å². The number of nitro groups is 1. The number of methoxy groups -OCH3 is 1. The van der Waals surface area contributed by atoms with E-state index in [1.54, 1.807) is 18.2 Å². The zero-order valence-electron chi connectivity index (χ0n) is 17.7. The largest absolute Gasteiger partial charge is 0.495 e. The standard InChI is InChI=1S/C24H16ClN3O6/c1-32-20-8-5-14(10-19(20)25)24(29)33-16-6-7-17-21(11-16)34-23(27)18(12-26)22(17)13-3-2-4-15(9-13)28(30)31/h2-11,22H,27H2,1H3. The lowest BCUT2D eigenvalue weighted by Gasteiger charge is -2.26. The van der Waals surface area contributed by atoms with E-state index in [1.165, 1.54) is 49.6 Å². The maximum atomic E-state index is 12.6. The number of allylic oxidation sites excluding steroid dienone is 1. The van der Waals surface area contributed by atoms with Crippen molar-refractivity contribution in [1.82, 2.24) is 0 Å². The molecule has 0 saturated carbocycles. The molecule has 1 aliphatic rings. The summed E-state index contributed by atoms with van der Waals surface area (Å²) in [4.78, 5) is 23.3. The first kappa shape index (κ1) is 22.6. The maximum Gasteiger partial charge on any atom is 0.343 e. The number of nitrogens with zero attached hydrogens (tertiary/aromatic N) is 2. The first-order chi connectivity index (χ1) is 16.3. The molecule has 1 aliphatic heterocycles. The number of fused-ring (bicyclic) bond motifs is 1. The van der Waals surface area contributed by atoms with Gasteiger partial charge in [-0.25, -0.2) is 4.79 Å². The molecule has 0 amide bonds. The van der Waals surface area contributed by atoms with E-state index in [4.69, 9.17) is 31.5 Å². The first-order valence-electron chi connectivity index (χ1n) is 9.84. The Morgan fingerprint density at radius 3 is 2.68 bits per heavy atom. The monoisotopic (exact) mass is 477 g/mol. The molecule has 0 aliphatic carbocycles. The average Bonchev–Trinajstić information content (AvgIpc) is 2.83. The quantitative estimate of drug-likeness (QED) is 0.241. The number of nitriles is 1. The van der Waals surface area contributed by atoms with E-state index in [9.17, 15) is 20.2 Å². The number of non-ortho nitro benzene ring substituents is 1. The lowest BCUT2D eigenvalue weighted by molar-refractivity contribution is -0.384. The summed E-state index contributed by atoms with van der Waals surface area (Å²) in [7, 11) is 1.46. The average molecular weight is 478 g/mol. The smallest absolute Gasteiger partial charge is 0.343 e. The number of carbonyl (C=O) groups is 1. The topological polar surface area (TPSA) is 138 Å². The number of nitro benzene ring substituents is 1. The molecule has 9 nitrogen and oxygen atoms in total. The minimum absolute atomic E-state index is 0.116. The molecule has 10 heteroatoms. The normalized spacial score (nSPS) is 14.4. The van der Waals surface area contributed by atoms with Gasteiger partial charge in [0.25, 0.3) is 5.69 Å². The summed E-state index contributed by atoms with van der Waals surface area (Å²) in [6.07, 6.45) is 0. The number of hydrogen-bond acceptors (Lipinski definition) is 8. The lowest BCUT2D eigenvalue weighted by Crippen LogP contribution is -2.21. The van der Waals surface area contributed by atoms with E-state index in [1.807, 2.05) is 6.07 Å². The van der Waals surface area contributed by atoms with Crippen LogP contribution in [0.4, 0.5) is 5.69 Å². The van der Waals surface area contributed by atoms with Crippen molar-refractivity contribution in [2.75, 3.05) is 7.11 Å². The van der Waals surface area contributed by atoms with Gasteiger partial charge in [0.1, 0.15) is 28.9 Å². The van der Waals surface area contributed by atoms with Gasteiger partial charge in [-0.1, -0.05) is 29.8 Å². The molecule has 0 saturated heterocycles. The van der Waals surface area contributed by atoms with Crippen molar-refractivity contribution in [3.63, 3.8) is 0 Å². The molecule has 0 fully saturated rings. The van der Waals surface area contributed by atoms with E-state index in [-0.39, 0.29) is 39.2 Å². The number of rotatable bonds is 5. The molecule has 3 aromatic carbocycles. The minimum atomic E-state index is -0.696. The Morgan fingerprint density at radius 2 is 2.00 bits per heavy atom. The Balaban J connectivity index is 1.68. The molecule has 2 N–H and O–H groups in total. The Hall–Kier alpha value is -4.55. The van der Waals surface area contributed by atoms with Crippen LogP contribution in [0.3, 0.4) is 0 Å². The van der Waals surface area contributed by atoms with Crippen molar-refractivity contribution in [3.8, 4) is 23.3 Å². The second-order valence-electron chi connectivity index (χ2n) is 7.22. The molecule has 3 aromatic rings. The number of benzene rings is 3. The number of halogens is 1. The summed E-state index contributed by atoms with van der Waals surface area (Å²) in [5.41, 5.74) is 7.23. The molecule has 0 radical (unpaired) electrons. The van der Waals surface area contributed by atoms with Crippen molar-refractivity contribution in [1.29, 1.82) is 5.26 Å². The van der Waals surface area contributed by atoms with Crippen molar-refractivity contribution in [2.24, 2.45) is 5.73 Å². The van der Waals surface area contributed by atoms with Gasteiger partial charge in [-0.05, 0) is 29.8 Å². The van der Waals surface area contributed by atoms with Crippen LogP contribution >= 0.6 is 11.6 Å². The van der Waals surface area contributed by atoms with E-state index in [0.717, 1.165) is 0 Å². The van der Waals surface area contributed by atoms with E-state index < -0.39 is 16.8 Å². The molecule has 0 aromatic heterocycles. The van der Waals surface area contributed by atoms with Gasteiger partial charge in [-0.2, -0.15) is 5.26 Å². The molecule has 4 rings (SSSR count). The highest BCUT2D eigenvalue weighted by molar-refractivity contribution is 6.32. The Kier molecular flexibility index (Phi) is 6.08. The van der Waals surface area contributed by atoms with Gasteiger partial charge in [0.15, 0.2) is 0 Å². The highest BCUT2D eigenvalue weighted by Gasteiger charge is 2.32. The van der Waals surface area contributed by atoms with Crippen molar-refractivity contribution in [3.05, 3.63) is 104 Å². The Labute approximate surface area is 198 Å². The molecule has 170 valence electrons. The van der Waals surface area contributed by atoms with Gasteiger partial charge < -0.3 is 19.9 Å². The van der Waals surface area contributed by atoms with E-state index >= 15 is 0 Å². The molecule has 1 heterocycles. The second kappa shape index (κ2) is 9.13. The Morgan fingerprint density at radius 1 is 1.21 bits per heavy atom. The van der Waals surface area contributed by atoms with Crippen LogP contribution in [0.25, 0.3) is 0 Å². The first-order valence-corrected chi connectivity index (χ1v) is 10.2. The third kappa shape index (κ3) is 4.22. The summed E-state index contributed by atoms with van der Waals surface area (Å²) >= 11 is 6.08. The third-order valence-corrected chi connectivity index (χ3v) is 5.50. The molecular weight excluding hydrogens is 462 g/mol. The molecule has 1 unspecified atom stereocenters. The van der Waals surface area contributed by atoms with Gasteiger partial charge in [0, 0.05) is 23.8 Å². The highest BCUT2D eigenvalue weighted by Crippen LogP contribution is 2.44. The number of esters is 1. The zero-order valence-corrected chi connectivity index (χ0v) is 18.4. The van der Waals surface area contributed by atoms with Crippen LogP contribution in [-0.2, 0) is 0 Å². The number of hydrogen-bond donors (Lipinski definition) is 1. The second-order valence-corrected chi connectivity index (χ2v) is 7.62. The molecule has 1 atom stereocenters. The van der Waals surface area contributed by atoms with Crippen LogP contribution in [-0.4, -0.2) is 18.0 Å². The summed E-state index contributed by atoms with van der Waals surface area (Å²) in [5, 5.41) is 21.2. The summed E-state index contributed by atoms with van der Waals surface area (Å²) in [6.45, 7) is 0. The molecular formula is C24H16ClN3O6. The zero-order chi connectivity index (χ0) is 24.4. The number of carbonyl (C=O) groups excluding carboxylic acids is 1. The van der Waals surface area contributed by atoms with Crippen molar-refractivity contribution >= 4 is 23.3 Å². The van der Waals surface area contributed by atoms with Gasteiger partial charge in [-0.3, -0.25) is 10.1 Å². The summed E-state index contributed by atoms with van der Waals surface area (Å²) in [5.74, 6) is -0.650. The van der Waals surface area contributed by atoms with Crippen LogP contribution in [0.15, 0.2) is 72.1 Å². The molecule has 34 heavy (non-hydrogen) atoms. The van der Waals surface area contributed by atoms with Gasteiger partial charge in [-0.15, -0.1) is 0 Å². The fraction of sp³-hybridized carbons (Fsp3) is 0.0833. The predicted octanol–water partition coefficient (Wildman–Crippen LogP) is 4.69. The van der Waals surface area contributed by atoms with Crippen molar-refractivity contribution < 1.29 is 23.9 Å². The third-order valence-electron chi connectivity index (χ3n) is 5.20. The fourth-order valence-corrected chi connectivity index (χ4v) is 3.88. The summed E-state index contributed by atoms with van der Waals surface area (Å²) < 4.78 is 16.1. The molecule has 0 spiro atoms.